The third kappa shape index (κ3) is 3.25. The summed E-state index contributed by atoms with van der Waals surface area (Å²) in [5.41, 5.74) is 1.28. The highest BCUT2D eigenvalue weighted by molar-refractivity contribution is 7.91. The van der Waals surface area contributed by atoms with Crippen molar-refractivity contribution in [3.8, 4) is 0 Å². The fraction of sp³-hybridized carbons (Fsp3) is 0.333. The topological polar surface area (TPSA) is 81.1 Å². The van der Waals surface area contributed by atoms with Crippen molar-refractivity contribution in [1.29, 1.82) is 0 Å². The van der Waals surface area contributed by atoms with E-state index in [1.807, 2.05) is 0 Å². The molecule has 1 amide bonds. The fourth-order valence-corrected chi connectivity index (χ4v) is 6.31. The number of hydrogen-bond donors (Lipinski definition) is 1. The molecule has 1 aliphatic rings. The molecule has 1 N–H and O–H groups in total. The van der Waals surface area contributed by atoms with E-state index in [4.69, 9.17) is 0 Å². The highest BCUT2D eigenvalue weighted by atomic mass is 32.2. The second-order valence-electron chi connectivity index (χ2n) is 6.80. The molecule has 1 fully saturated rings. The van der Waals surface area contributed by atoms with Crippen molar-refractivity contribution < 1.29 is 17.6 Å². The van der Waals surface area contributed by atoms with E-state index in [0.29, 0.717) is 38.5 Å². The first kappa shape index (κ1) is 18.1. The Labute approximate surface area is 159 Å². The van der Waals surface area contributed by atoms with Crippen LogP contribution in [-0.4, -0.2) is 35.6 Å². The molecular weight excluding hydrogens is 389 g/mol. The Morgan fingerprint density at radius 3 is 2.81 bits per heavy atom. The summed E-state index contributed by atoms with van der Waals surface area (Å²) in [5, 5.41) is 7.65. The van der Waals surface area contributed by atoms with Crippen LogP contribution in [0.1, 0.15) is 33.4 Å². The summed E-state index contributed by atoms with van der Waals surface area (Å²) in [6, 6.07) is 6.20. The van der Waals surface area contributed by atoms with Gasteiger partial charge in [-0.15, -0.1) is 11.3 Å². The Kier molecular flexibility index (Phi) is 4.31. The van der Waals surface area contributed by atoms with Crippen LogP contribution in [0.3, 0.4) is 0 Å². The number of halogens is 1. The number of hydrogen-bond acceptors (Lipinski definition) is 5. The second kappa shape index (κ2) is 6.42. The highest BCUT2D eigenvalue weighted by Gasteiger charge is 2.31. The van der Waals surface area contributed by atoms with Crippen molar-refractivity contribution in [1.82, 2.24) is 9.78 Å². The van der Waals surface area contributed by atoms with Crippen molar-refractivity contribution in [2.24, 2.45) is 0 Å². The first-order valence-electron chi connectivity index (χ1n) is 8.51. The number of amides is 1. The maximum Gasteiger partial charge on any atom is 0.267 e. The summed E-state index contributed by atoms with van der Waals surface area (Å²) in [7, 11) is -3.07. The van der Waals surface area contributed by atoms with E-state index >= 15 is 0 Å². The SMILES string of the molecule is Cc1cc(NC(=O)c2sc3cccc(F)c3c2C)n([C@@H]2CCS(=O)(=O)C2)n1. The third-order valence-electron chi connectivity index (χ3n) is 4.76. The summed E-state index contributed by atoms with van der Waals surface area (Å²) in [5.74, 6) is -0.104. The second-order valence-corrected chi connectivity index (χ2v) is 10.1. The number of carbonyl (C=O) groups excluding carboxylic acids is 1. The molecule has 2 aromatic heterocycles. The quantitative estimate of drug-likeness (QED) is 0.721. The Bertz CT molecular complexity index is 1160. The predicted molar refractivity (Wildman–Crippen MR) is 104 cm³/mol. The number of aromatic nitrogens is 2. The van der Waals surface area contributed by atoms with Gasteiger partial charge in [0.25, 0.3) is 5.91 Å². The standard InChI is InChI=1S/C18H18FN3O3S2/c1-10-8-15(22(21-10)12-6-7-27(24,25)9-12)20-18(23)17-11(2)16-13(19)4-3-5-14(16)26-17/h3-5,8,12H,6-7,9H2,1-2H3,(H,20,23)/t12-/m1/s1. The van der Waals surface area contributed by atoms with Gasteiger partial charge < -0.3 is 5.32 Å². The number of sulfone groups is 1. The molecule has 9 heteroatoms. The number of nitrogens with one attached hydrogen (secondary N) is 1. The zero-order valence-corrected chi connectivity index (χ0v) is 16.5. The monoisotopic (exact) mass is 407 g/mol. The first-order valence-corrected chi connectivity index (χ1v) is 11.1. The van der Waals surface area contributed by atoms with Crippen LogP contribution >= 0.6 is 11.3 Å². The molecule has 3 heterocycles. The van der Waals surface area contributed by atoms with Gasteiger partial charge in [0, 0.05) is 16.2 Å². The molecule has 27 heavy (non-hydrogen) atoms. The average molecular weight is 407 g/mol. The Hall–Kier alpha value is -2.26. The summed E-state index contributed by atoms with van der Waals surface area (Å²) >= 11 is 1.23. The fourth-order valence-electron chi connectivity index (χ4n) is 3.50. The normalized spacial score (nSPS) is 18.9. The molecule has 0 spiro atoms. The Balaban J connectivity index is 1.67. The van der Waals surface area contributed by atoms with Gasteiger partial charge in [-0.2, -0.15) is 5.10 Å². The molecule has 0 bridgehead atoms. The Morgan fingerprint density at radius 1 is 1.37 bits per heavy atom. The van der Waals surface area contributed by atoms with E-state index < -0.39 is 9.84 Å². The minimum Gasteiger partial charge on any atom is -0.306 e. The molecule has 1 saturated heterocycles. The van der Waals surface area contributed by atoms with Crippen LogP contribution in [0.25, 0.3) is 10.1 Å². The molecule has 0 saturated carbocycles. The van der Waals surface area contributed by atoms with Crippen LogP contribution < -0.4 is 5.32 Å². The van der Waals surface area contributed by atoms with Crippen LogP contribution in [-0.2, 0) is 9.84 Å². The number of thiophene rings is 1. The van der Waals surface area contributed by atoms with E-state index in [0.717, 1.165) is 0 Å². The smallest absolute Gasteiger partial charge is 0.267 e. The van der Waals surface area contributed by atoms with E-state index in [1.54, 1.807) is 36.7 Å². The summed E-state index contributed by atoms with van der Waals surface area (Å²) in [6.45, 7) is 3.51. The number of carbonyl (C=O) groups is 1. The van der Waals surface area contributed by atoms with Gasteiger partial charge >= 0.3 is 0 Å². The Morgan fingerprint density at radius 2 is 2.15 bits per heavy atom. The zero-order chi connectivity index (χ0) is 19.3. The minimum absolute atomic E-state index is 0.0180. The highest BCUT2D eigenvalue weighted by Crippen LogP contribution is 2.33. The van der Waals surface area contributed by atoms with Crippen molar-refractivity contribution in [2.75, 3.05) is 16.8 Å². The molecule has 6 nitrogen and oxygen atoms in total. The number of rotatable bonds is 3. The van der Waals surface area contributed by atoms with Gasteiger partial charge in [0.05, 0.1) is 28.1 Å². The van der Waals surface area contributed by atoms with Gasteiger partial charge in [0.2, 0.25) is 0 Å². The number of nitrogens with zero attached hydrogens (tertiary/aromatic N) is 2. The van der Waals surface area contributed by atoms with Crippen LogP contribution in [0.15, 0.2) is 24.3 Å². The number of aryl methyl sites for hydroxylation is 2. The molecule has 1 aliphatic heterocycles. The third-order valence-corrected chi connectivity index (χ3v) is 7.77. The van der Waals surface area contributed by atoms with E-state index in [-0.39, 0.29) is 29.3 Å². The number of fused-ring (bicyclic) bond motifs is 1. The van der Waals surface area contributed by atoms with Crippen LogP contribution in [0, 0.1) is 19.7 Å². The molecule has 0 aliphatic carbocycles. The van der Waals surface area contributed by atoms with Crippen molar-refractivity contribution >= 4 is 43.0 Å². The van der Waals surface area contributed by atoms with E-state index in [9.17, 15) is 17.6 Å². The van der Waals surface area contributed by atoms with Crippen LogP contribution in [0.4, 0.5) is 10.2 Å². The maximum absolute atomic E-state index is 14.1. The van der Waals surface area contributed by atoms with Gasteiger partial charge in [-0.1, -0.05) is 6.07 Å². The molecule has 1 atom stereocenters. The van der Waals surface area contributed by atoms with Crippen molar-refractivity contribution in [3.63, 3.8) is 0 Å². The predicted octanol–water partition coefficient (Wildman–Crippen LogP) is 3.47. The number of anilines is 1. The minimum atomic E-state index is -3.07. The van der Waals surface area contributed by atoms with Gasteiger partial charge in [-0.25, -0.2) is 17.5 Å². The van der Waals surface area contributed by atoms with Crippen LogP contribution in [0.2, 0.25) is 0 Å². The van der Waals surface area contributed by atoms with E-state index in [1.165, 1.54) is 17.4 Å². The lowest BCUT2D eigenvalue weighted by atomic mass is 10.1. The molecule has 1 aromatic carbocycles. The largest absolute Gasteiger partial charge is 0.306 e. The summed E-state index contributed by atoms with van der Waals surface area (Å²) < 4.78 is 40.0. The summed E-state index contributed by atoms with van der Waals surface area (Å²) in [6.07, 6.45) is 0.472. The lowest BCUT2D eigenvalue weighted by Crippen LogP contribution is -2.19. The summed E-state index contributed by atoms with van der Waals surface area (Å²) in [4.78, 5) is 13.3. The van der Waals surface area contributed by atoms with Crippen molar-refractivity contribution in [3.05, 3.63) is 46.2 Å². The molecular formula is C18H18FN3O3S2. The molecule has 3 aromatic rings. The van der Waals surface area contributed by atoms with Gasteiger partial charge in [0.15, 0.2) is 9.84 Å². The average Bonchev–Trinajstić information content (AvgIpc) is 3.23. The van der Waals surface area contributed by atoms with Gasteiger partial charge in [0.1, 0.15) is 11.6 Å². The lowest BCUT2D eigenvalue weighted by Gasteiger charge is -2.13. The maximum atomic E-state index is 14.1. The van der Waals surface area contributed by atoms with E-state index in [2.05, 4.69) is 10.4 Å². The van der Waals surface area contributed by atoms with Crippen molar-refractivity contribution in [2.45, 2.75) is 26.3 Å². The number of benzene rings is 1. The molecule has 4 rings (SSSR count). The molecule has 0 unspecified atom stereocenters. The van der Waals surface area contributed by atoms with Crippen LogP contribution in [0.5, 0.6) is 0 Å². The first-order chi connectivity index (χ1) is 12.7. The zero-order valence-electron chi connectivity index (χ0n) is 14.8. The van der Waals surface area contributed by atoms with Gasteiger partial charge in [-0.05, 0) is 38.0 Å². The lowest BCUT2D eigenvalue weighted by molar-refractivity contribution is 0.102. The molecule has 142 valence electrons. The van der Waals surface area contributed by atoms with Gasteiger partial charge in [-0.3, -0.25) is 4.79 Å². The molecule has 0 radical (unpaired) electrons.